The minimum absolute atomic E-state index is 0.597. The molecule has 0 aliphatic rings. The van der Waals surface area contributed by atoms with Crippen LogP contribution in [0.25, 0.3) is 0 Å². The van der Waals surface area contributed by atoms with E-state index in [4.69, 9.17) is 29.0 Å². The third-order valence-electron chi connectivity index (χ3n) is 0.167. The summed E-state index contributed by atoms with van der Waals surface area (Å²) in [6, 6.07) is 0. The Balaban J connectivity index is 0. The van der Waals surface area contributed by atoms with Gasteiger partial charge in [0.05, 0.1) is 0 Å². The average Bonchev–Trinajstić information content (AvgIpc) is 1.61. The monoisotopic (exact) mass is 156 g/mol. The highest BCUT2D eigenvalue weighted by atomic mass is 32.3. The summed E-state index contributed by atoms with van der Waals surface area (Å²) in [5.41, 5.74) is 9.81. The molecule has 0 aromatic rings. The van der Waals surface area contributed by atoms with Crippen LogP contribution < -0.4 is 11.5 Å². The standard InChI is InChI=1S/C2H8N2.H2O4S/c3-1-2-4;1-5(2,3)4/h1-4H2;(H2,1,2,3,4)/p-2. The zero-order valence-corrected chi connectivity index (χ0v) is 5.43. The molecule has 0 radical (unpaired) electrons. The van der Waals surface area contributed by atoms with Crippen LogP contribution >= 0.6 is 0 Å². The molecule has 7 heteroatoms. The molecule has 0 aromatic heterocycles. The van der Waals surface area contributed by atoms with Crippen molar-refractivity contribution in [3.8, 4) is 0 Å². The van der Waals surface area contributed by atoms with Gasteiger partial charge in [0.1, 0.15) is 0 Å². The van der Waals surface area contributed by atoms with Gasteiger partial charge in [0.25, 0.3) is 0 Å². The van der Waals surface area contributed by atoms with Gasteiger partial charge in [-0.15, -0.1) is 0 Å². The van der Waals surface area contributed by atoms with Crippen molar-refractivity contribution in [2.75, 3.05) is 13.1 Å². The zero-order chi connectivity index (χ0) is 7.91. The molecule has 0 heterocycles. The molecule has 0 aromatic carbocycles. The van der Waals surface area contributed by atoms with Gasteiger partial charge in [-0.1, -0.05) is 0 Å². The van der Waals surface area contributed by atoms with Crippen LogP contribution in [0.1, 0.15) is 0 Å². The molecule has 0 fully saturated rings. The fourth-order valence-electron chi connectivity index (χ4n) is 0. The molecule has 0 amide bonds. The number of hydrogen-bond acceptors (Lipinski definition) is 6. The van der Waals surface area contributed by atoms with Gasteiger partial charge in [0.2, 0.25) is 0 Å². The van der Waals surface area contributed by atoms with Crippen molar-refractivity contribution >= 4 is 10.4 Å². The second-order valence-electron chi connectivity index (χ2n) is 0.986. The first kappa shape index (κ1) is 11.6. The topological polar surface area (TPSA) is 132 Å². The molecule has 0 saturated carbocycles. The van der Waals surface area contributed by atoms with Crippen molar-refractivity contribution < 1.29 is 17.5 Å². The van der Waals surface area contributed by atoms with E-state index in [-0.39, 0.29) is 0 Å². The summed E-state index contributed by atoms with van der Waals surface area (Å²) in [6.07, 6.45) is 0. The van der Waals surface area contributed by atoms with Crippen molar-refractivity contribution in [1.29, 1.82) is 0 Å². The van der Waals surface area contributed by atoms with E-state index in [1.165, 1.54) is 0 Å². The molecule has 0 unspecified atom stereocenters. The summed E-state index contributed by atoms with van der Waals surface area (Å²) < 4.78 is 34.1. The average molecular weight is 156 g/mol. The summed E-state index contributed by atoms with van der Waals surface area (Å²) in [4.78, 5) is 0. The number of hydrogen-bond donors (Lipinski definition) is 2. The van der Waals surface area contributed by atoms with Crippen molar-refractivity contribution in [2.45, 2.75) is 0 Å². The SMILES string of the molecule is NCCN.O=S(=O)([O-])[O-]. The highest BCUT2D eigenvalue weighted by Crippen LogP contribution is 1.57. The van der Waals surface area contributed by atoms with E-state index in [1.54, 1.807) is 0 Å². The molecule has 0 aliphatic carbocycles. The van der Waals surface area contributed by atoms with E-state index in [9.17, 15) is 0 Å². The Kier molecular flexibility index (Phi) is 7.61. The van der Waals surface area contributed by atoms with Gasteiger partial charge in [0.15, 0.2) is 0 Å². The molecular formula is C2H8N2O4S-2. The molecule has 0 aliphatic heterocycles. The van der Waals surface area contributed by atoms with Gasteiger partial charge < -0.3 is 20.6 Å². The normalized spacial score (nSPS) is 9.78. The van der Waals surface area contributed by atoms with Crippen molar-refractivity contribution in [1.82, 2.24) is 0 Å². The molecule has 0 rings (SSSR count). The Morgan fingerprint density at radius 2 is 1.22 bits per heavy atom. The van der Waals surface area contributed by atoms with Gasteiger partial charge in [-0.2, -0.15) is 0 Å². The fraction of sp³-hybridized carbons (Fsp3) is 1.00. The number of rotatable bonds is 1. The predicted molar refractivity (Wildman–Crippen MR) is 28.6 cm³/mol. The third kappa shape index (κ3) is 418. The van der Waals surface area contributed by atoms with Crippen LogP contribution in [0.15, 0.2) is 0 Å². The molecule has 0 bridgehead atoms. The molecule has 6 nitrogen and oxygen atoms in total. The highest BCUT2D eigenvalue weighted by Gasteiger charge is 1.54. The van der Waals surface area contributed by atoms with Crippen LogP contribution in [-0.2, 0) is 10.4 Å². The van der Waals surface area contributed by atoms with Crippen LogP contribution in [0, 0.1) is 0 Å². The first-order valence-corrected chi connectivity index (χ1v) is 3.32. The van der Waals surface area contributed by atoms with E-state index in [2.05, 4.69) is 0 Å². The lowest BCUT2D eigenvalue weighted by molar-refractivity contribution is 0.352. The maximum atomic E-state index is 8.52. The Hall–Kier alpha value is -0.210. The lowest BCUT2D eigenvalue weighted by Crippen LogP contribution is -2.11. The molecule has 0 saturated heterocycles. The van der Waals surface area contributed by atoms with Gasteiger partial charge in [0, 0.05) is 23.5 Å². The predicted octanol–water partition coefficient (Wildman–Crippen LogP) is -2.43. The van der Waals surface area contributed by atoms with Crippen molar-refractivity contribution in [3.63, 3.8) is 0 Å². The molecule has 9 heavy (non-hydrogen) atoms. The van der Waals surface area contributed by atoms with E-state index in [0.29, 0.717) is 13.1 Å². The summed E-state index contributed by atoms with van der Waals surface area (Å²) in [5.74, 6) is 0. The smallest absolute Gasteiger partial charge is 0.0311 e. The van der Waals surface area contributed by atoms with Gasteiger partial charge in [-0.25, -0.2) is 0 Å². The van der Waals surface area contributed by atoms with Crippen LogP contribution in [0.4, 0.5) is 0 Å². The van der Waals surface area contributed by atoms with Gasteiger partial charge in [-0.05, 0) is 0 Å². The summed E-state index contributed by atoms with van der Waals surface area (Å²) in [5, 5.41) is 0. The maximum Gasteiger partial charge on any atom is 0.0311 e. The molecule has 0 atom stereocenters. The van der Waals surface area contributed by atoms with E-state index >= 15 is 0 Å². The second kappa shape index (κ2) is 5.92. The van der Waals surface area contributed by atoms with Crippen LogP contribution in [0.3, 0.4) is 0 Å². The van der Waals surface area contributed by atoms with E-state index in [0.717, 1.165) is 0 Å². The van der Waals surface area contributed by atoms with Crippen LogP contribution in [0.5, 0.6) is 0 Å². The first-order valence-electron chi connectivity index (χ1n) is 1.98. The van der Waals surface area contributed by atoms with Gasteiger partial charge >= 0.3 is 0 Å². The largest absolute Gasteiger partial charge is 0.759 e. The minimum atomic E-state index is -5.17. The Morgan fingerprint density at radius 1 is 1.11 bits per heavy atom. The maximum absolute atomic E-state index is 8.52. The second-order valence-corrected chi connectivity index (χ2v) is 1.80. The molecule has 58 valence electrons. The molecule has 0 spiro atoms. The highest BCUT2D eigenvalue weighted by molar-refractivity contribution is 7.79. The van der Waals surface area contributed by atoms with Crippen molar-refractivity contribution in [3.05, 3.63) is 0 Å². The first-order chi connectivity index (χ1) is 3.91. The van der Waals surface area contributed by atoms with Crippen LogP contribution in [0.2, 0.25) is 0 Å². The summed E-state index contributed by atoms with van der Waals surface area (Å²) in [7, 11) is -5.17. The van der Waals surface area contributed by atoms with Crippen LogP contribution in [-0.4, -0.2) is 30.6 Å². The van der Waals surface area contributed by atoms with E-state index in [1.807, 2.05) is 0 Å². The lowest BCUT2D eigenvalue weighted by atomic mass is 10.7. The van der Waals surface area contributed by atoms with Gasteiger partial charge in [-0.3, -0.25) is 8.42 Å². The third-order valence-corrected chi connectivity index (χ3v) is 0.167. The zero-order valence-electron chi connectivity index (χ0n) is 4.61. The van der Waals surface area contributed by atoms with E-state index < -0.39 is 10.4 Å². The summed E-state index contributed by atoms with van der Waals surface area (Å²) in [6.45, 7) is 1.19. The Bertz CT molecular complexity index is 120. The Morgan fingerprint density at radius 3 is 1.22 bits per heavy atom. The molecular weight excluding hydrogens is 148 g/mol. The van der Waals surface area contributed by atoms with Crippen molar-refractivity contribution in [2.24, 2.45) is 11.5 Å². The molecule has 4 N–H and O–H groups in total. The minimum Gasteiger partial charge on any atom is -0.759 e. The summed E-state index contributed by atoms with van der Waals surface area (Å²) >= 11 is 0. The fourth-order valence-corrected chi connectivity index (χ4v) is 0. The lowest BCUT2D eigenvalue weighted by Gasteiger charge is -2.06. The quantitative estimate of drug-likeness (QED) is 0.320. The Labute approximate surface area is 53.4 Å². The number of nitrogens with two attached hydrogens (primary N) is 2.